The van der Waals surface area contributed by atoms with Gasteiger partial charge in [-0.1, -0.05) is 68.0 Å². The van der Waals surface area contributed by atoms with Crippen molar-refractivity contribution in [3.8, 4) is 52.4 Å². The van der Waals surface area contributed by atoms with Gasteiger partial charge in [-0.25, -0.2) is 0 Å². The number of benzene rings is 3. The maximum Gasteiger partial charge on any atom is 0.302 e. The summed E-state index contributed by atoms with van der Waals surface area (Å²) in [4.78, 5) is 26.9. The number of nitrogens with zero attached hydrogens (tertiary/aromatic N) is 3. The lowest BCUT2D eigenvalue weighted by Gasteiger charge is -2.59. The van der Waals surface area contributed by atoms with Crippen molar-refractivity contribution in [1.82, 2.24) is 41.1 Å². The normalized spacial score (nSPS) is 33.8. The molecule has 506 valence electrons. The first-order chi connectivity index (χ1) is 47.2. The highest BCUT2D eigenvalue weighted by atomic mass is 16.6. The Labute approximate surface area is 566 Å². The van der Waals surface area contributed by atoms with Crippen molar-refractivity contribution >= 4 is 22.8 Å². The molecule has 16 rings (SSSR count). The fourth-order valence-corrected chi connectivity index (χ4v) is 19.6. The number of allylic oxidation sites excluding steroid dienone is 2. The molecule has 6 aliphatic heterocycles. The number of hydrogen-bond acceptors (Lipinski definition) is 17. The van der Waals surface area contributed by atoms with Crippen LogP contribution in [0.3, 0.4) is 0 Å². The van der Waals surface area contributed by atoms with E-state index >= 15 is 0 Å². The predicted octanol–water partition coefficient (Wildman–Crippen LogP) is 9.76. The van der Waals surface area contributed by atoms with E-state index < -0.39 is 65.6 Å². The van der Waals surface area contributed by atoms with Crippen LogP contribution >= 0.6 is 0 Å². The smallest absolute Gasteiger partial charge is 0.302 e. The summed E-state index contributed by atoms with van der Waals surface area (Å²) in [6, 6.07) is 21.7. The van der Waals surface area contributed by atoms with Crippen LogP contribution in [0, 0.1) is 64.1 Å². The quantitative estimate of drug-likeness (QED) is 0.0309. The third kappa shape index (κ3) is 11.8. The summed E-state index contributed by atoms with van der Waals surface area (Å²) in [6.45, 7) is 5.84. The number of nitrogens with one attached hydrogen (secondary N) is 6. The number of guanidine groups is 1. The van der Waals surface area contributed by atoms with Crippen molar-refractivity contribution < 1.29 is 44.2 Å². The van der Waals surface area contributed by atoms with Crippen molar-refractivity contribution in [2.24, 2.45) is 51.1 Å². The van der Waals surface area contributed by atoms with Gasteiger partial charge in [-0.15, -0.1) is 11.8 Å². The number of aromatic amines is 1. The van der Waals surface area contributed by atoms with Gasteiger partial charge in [-0.2, -0.15) is 0 Å². The number of aliphatic hydroxyl groups is 1. The van der Waals surface area contributed by atoms with Gasteiger partial charge in [-0.3, -0.25) is 20.1 Å². The maximum atomic E-state index is 14.0. The lowest BCUT2D eigenvalue weighted by molar-refractivity contribution is -0.174. The number of carbonyl (C=O) groups is 1. The first-order valence-corrected chi connectivity index (χ1v) is 35.5. The Hall–Kier alpha value is -8.59. The van der Waals surface area contributed by atoms with Crippen LogP contribution in [0.15, 0.2) is 126 Å². The molecular formula is C78H90N10O9. The number of hydrogen-bond donors (Lipinski definition) is 11. The second-order valence-corrected chi connectivity index (χ2v) is 29.7. The van der Waals surface area contributed by atoms with Crippen LogP contribution in [-0.2, 0) is 33.5 Å². The summed E-state index contributed by atoms with van der Waals surface area (Å²) < 4.78 is 29.8. The van der Waals surface area contributed by atoms with Crippen LogP contribution in [0.5, 0.6) is 28.7 Å². The van der Waals surface area contributed by atoms with Gasteiger partial charge in [-0.05, 0) is 169 Å². The third-order valence-electron chi connectivity index (χ3n) is 23.7. The summed E-state index contributed by atoms with van der Waals surface area (Å²) in [5.74, 6) is 15.2. The number of aliphatic hydroxyl groups excluding tert-OH is 1. The standard InChI is InChI=1S/C78H90N10O9/c1-3-81-71-68-51-12-6-14-55(68)56-19-25-77(69(56)71,39-48-20-27-83-67(79)33-48)44-84-75-86-73(88-42-52-21-28-82-59(52)43-88)70-74(93)85-58-16-5-4-11-50(58)13-7-23-76(24-8-15-57-63(32-49(30-51)40-78(57,70)87-75)96-64-31-47(38-76)17-18-60(64)90)66-37-54(95-45(2)89)36-62(97-66)53-34-61(91)72(92)65(35-53)94-29-22-46-10-9-26-80-41-46/h6,9-10,12,14,17-18,20-21,26,28,31,33-35,41-43,49-50,54,56-58,62-63,66,69-71,73-74,81-83,85,90-93H,3-5,11,16,19,22-25,27,29-30,32,36-40,44,79H2,1-2H3,(H2,84,86,87). The summed E-state index contributed by atoms with van der Waals surface area (Å²) in [5.41, 5.74) is 13.1. The van der Waals surface area contributed by atoms with E-state index in [2.05, 4.69) is 121 Å². The molecule has 17 unspecified atom stereocenters. The summed E-state index contributed by atoms with van der Waals surface area (Å²) in [5, 5.41) is 69.8. The molecule has 9 heterocycles. The predicted molar refractivity (Wildman–Crippen MR) is 368 cm³/mol. The minimum absolute atomic E-state index is 0.000599. The highest BCUT2D eigenvalue weighted by molar-refractivity contribution is 5.83. The molecule has 1 spiro atoms. The molecule has 3 aromatic carbocycles. The van der Waals surface area contributed by atoms with Crippen molar-refractivity contribution in [2.75, 3.05) is 26.2 Å². The number of aliphatic imine (C=N–C) groups is 1. The molecule has 3 aromatic heterocycles. The van der Waals surface area contributed by atoms with Crippen LogP contribution < -0.4 is 41.8 Å². The molecule has 19 nitrogen and oxygen atoms in total. The highest BCUT2D eigenvalue weighted by Crippen LogP contribution is 2.65. The van der Waals surface area contributed by atoms with E-state index in [1.165, 1.54) is 35.3 Å². The number of carbonyl (C=O) groups excluding carboxylic acids is 1. The van der Waals surface area contributed by atoms with Gasteiger partial charge in [0.05, 0.1) is 47.5 Å². The summed E-state index contributed by atoms with van der Waals surface area (Å²) in [7, 11) is 0. The molecule has 0 amide bonds. The molecule has 5 fully saturated rings. The lowest BCUT2D eigenvalue weighted by atomic mass is 9.58. The van der Waals surface area contributed by atoms with E-state index in [-0.39, 0.29) is 77.7 Å². The van der Waals surface area contributed by atoms with Crippen molar-refractivity contribution in [1.29, 1.82) is 0 Å². The fourth-order valence-electron chi connectivity index (χ4n) is 19.6. The number of aromatic hydroxyl groups is 3. The number of rotatable bonds is 12. The van der Waals surface area contributed by atoms with E-state index in [4.69, 9.17) is 29.7 Å². The number of esters is 1. The molecule has 9 bridgehead atoms. The van der Waals surface area contributed by atoms with Crippen LogP contribution in [0.2, 0.25) is 0 Å². The van der Waals surface area contributed by atoms with Crippen LogP contribution in [0.25, 0.3) is 10.9 Å². The Morgan fingerprint density at radius 3 is 2.70 bits per heavy atom. The molecule has 10 aliphatic rings. The average molecular weight is 1310 g/mol. The third-order valence-corrected chi connectivity index (χ3v) is 23.7. The number of aromatic nitrogens is 3. The lowest BCUT2D eigenvalue weighted by Crippen LogP contribution is -2.76. The largest absolute Gasteiger partial charge is 0.504 e. The number of dihydropyridines is 1. The van der Waals surface area contributed by atoms with Crippen LogP contribution in [0.1, 0.15) is 155 Å². The molecule has 2 saturated heterocycles. The van der Waals surface area contributed by atoms with Crippen molar-refractivity contribution in [2.45, 2.75) is 177 Å². The minimum Gasteiger partial charge on any atom is -0.504 e. The number of pyridine rings is 1. The molecule has 19 heteroatoms. The Balaban J connectivity index is 0.881. The van der Waals surface area contributed by atoms with Crippen molar-refractivity contribution in [3.63, 3.8) is 0 Å². The molecule has 0 radical (unpaired) electrons. The topological polar surface area (TPSA) is 267 Å². The highest BCUT2D eigenvalue weighted by Gasteiger charge is 2.63. The Kier molecular flexibility index (Phi) is 16.7. The van der Waals surface area contributed by atoms with Gasteiger partial charge in [0, 0.05) is 112 Å². The van der Waals surface area contributed by atoms with Gasteiger partial charge in [0.25, 0.3) is 0 Å². The zero-order valence-corrected chi connectivity index (χ0v) is 55.4. The molecule has 3 saturated carbocycles. The van der Waals surface area contributed by atoms with Gasteiger partial charge in [0.15, 0.2) is 29.0 Å². The van der Waals surface area contributed by atoms with E-state index in [9.17, 15) is 25.2 Å². The molecule has 17 atom stereocenters. The molecule has 6 aromatic rings. The fraction of sp³-hybridized carbons (Fsp3) is 0.500. The van der Waals surface area contributed by atoms with Crippen LogP contribution in [0.4, 0.5) is 0 Å². The van der Waals surface area contributed by atoms with E-state index in [0.29, 0.717) is 80.6 Å². The number of fused-ring (bicyclic) bond motifs is 9. The SMILES string of the molecule is CCNC1c2c3cccc2C2CCC(CC4=CCNC(N)=C4)(CN=C4NC(n5cc6cc[nH]c6c5)C5C(O)NC6CCCCC6C#CCC6(C7CC(OC(C)=O)CC(c8cc(O)c(O)c(OCCc9cccnc9)c8)O7)CC#CC7C(CC(C3)CC75N4)Oc3cc(ccc3O)C6)C21. The second kappa shape index (κ2) is 25.7. The summed E-state index contributed by atoms with van der Waals surface area (Å²) >= 11 is 0. The number of nitrogens with two attached hydrogens (primary N) is 1. The zero-order valence-electron chi connectivity index (χ0n) is 55.4. The molecule has 4 aliphatic carbocycles. The average Bonchev–Trinajstić information content (AvgIpc) is 1.67. The molecular weight excluding hydrogens is 1220 g/mol. The Morgan fingerprint density at radius 2 is 1.86 bits per heavy atom. The zero-order chi connectivity index (χ0) is 66.2. The van der Waals surface area contributed by atoms with Gasteiger partial charge < -0.3 is 75.9 Å². The molecule has 97 heavy (non-hydrogen) atoms. The Bertz CT molecular complexity index is 4190. The molecule has 12 N–H and O–H groups in total. The minimum atomic E-state index is -1.11. The number of phenols is 3. The number of ether oxygens (including phenoxy) is 4. The Morgan fingerprint density at radius 1 is 0.969 bits per heavy atom. The van der Waals surface area contributed by atoms with Crippen LogP contribution in [-0.4, -0.2) is 109 Å². The van der Waals surface area contributed by atoms with Crippen molar-refractivity contribution in [3.05, 3.63) is 155 Å². The maximum absolute atomic E-state index is 14.0. The first-order valence-electron chi connectivity index (χ1n) is 35.5. The van der Waals surface area contributed by atoms with Gasteiger partial charge in [0.1, 0.15) is 24.6 Å². The van der Waals surface area contributed by atoms with Gasteiger partial charge >= 0.3 is 5.97 Å². The number of phenolic OH excluding ortho intramolecular Hbond substituents is 3. The monoisotopic (exact) mass is 1310 g/mol. The van der Waals surface area contributed by atoms with E-state index in [1.54, 1.807) is 24.5 Å². The van der Waals surface area contributed by atoms with E-state index in [0.717, 1.165) is 79.9 Å². The number of H-pyrrole nitrogens is 1. The van der Waals surface area contributed by atoms with E-state index in [1.807, 2.05) is 30.5 Å². The first kappa shape index (κ1) is 63.2. The second-order valence-electron chi connectivity index (χ2n) is 29.7. The summed E-state index contributed by atoms with van der Waals surface area (Å²) in [6.07, 6.45) is 20.3. The van der Waals surface area contributed by atoms with Gasteiger partial charge in [0.2, 0.25) is 5.75 Å².